The molecule has 0 aliphatic heterocycles. The molecule has 0 aliphatic rings. The van der Waals surface area contributed by atoms with Crippen LogP contribution >= 0.6 is 0 Å². The third-order valence-electron chi connectivity index (χ3n) is 4.37. The maximum absolute atomic E-state index is 13.1. The summed E-state index contributed by atoms with van der Waals surface area (Å²) in [5.74, 6) is -0.459. The van der Waals surface area contributed by atoms with E-state index in [0.29, 0.717) is 41.0 Å². The van der Waals surface area contributed by atoms with E-state index in [1.165, 1.54) is 7.11 Å². The van der Waals surface area contributed by atoms with Crippen LogP contribution in [0.2, 0.25) is 0 Å². The molecule has 3 rings (SSSR count). The van der Waals surface area contributed by atoms with E-state index >= 15 is 0 Å². The lowest BCUT2D eigenvalue weighted by atomic mass is 10.0. The number of nitrogens with zero attached hydrogens (tertiary/aromatic N) is 3. The fraction of sp³-hybridized carbons (Fsp3) is 0.300. The van der Waals surface area contributed by atoms with Crippen LogP contribution < -0.4 is 0 Å². The Labute approximate surface area is 156 Å². The van der Waals surface area contributed by atoms with E-state index in [1.807, 2.05) is 30.3 Å². The minimum Gasteiger partial charge on any atom is -0.469 e. The third-order valence-corrected chi connectivity index (χ3v) is 4.37. The van der Waals surface area contributed by atoms with Gasteiger partial charge in [-0.15, -0.1) is 0 Å². The van der Waals surface area contributed by atoms with Crippen LogP contribution in [0.1, 0.15) is 28.9 Å². The average molecular weight is 367 g/mol. The van der Waals surface area contributed by atoms with Gasteiger partial charge in [-0.3, -0.25) is 9.59 Å². The van der Waals surface area contributed by atoms with E-state index in [1.54, 1.807) is 24.9 Å². The lowest BCUT2D eigenvalue weighted by Crippen LogP contribution is -2.28. The molecule has 0 aliphatic carbocycles. The molecule has 0 radical (unpaired) electrons. The molecule has 140 valence electrons. The van der Waals surface area contributed by atoms with Crippen molar-refractivity contribution >= 4 is 23.0 Å². The van der Waals surface area contributed by atoms with E-state index in [4.69, 9.17) is 4.52 Å². The summed E-state index contributed by atoms with van der Waals surface area (Å²) >= 11 is 0. The summed E-state index contributed by atoms with van der Waals surface area (Å²) in [6.07, 6.45) is 0.790. The van der Waals surface area contributed by atoms with Gasteiger partial charge in [0.2, 0.25) is 0 Å². The maximum Gasteiger partial charge on any atom is 0.305 e. The van der Waals surface area contributed by atoms with Gasteiger partial charge >= 0.3 is 5.97 Å². The Morgan fingerprint density at radius 2 is 1.96 bits per heavy atom. The zero-order valence-corrected chi connectivity index (χ0v) is 15.6. The molecule has 0 N–H and O–H groups in total. The molecule has 0 bridgehead atoms. The van der Waals surface area contributed by atoms with E-state index in [-0.39, 0.29) is 18.3 Å². The van der Waals surface area contributed by atoms with Gasteiger partial charge in [-0.25, -0.2) is 4.98 Å². The van der Waals surface area contributed by atoms with Crippen LogP contribution in [0.4, 0.5) is 0 Å². The average Bonchev–Trinajstić information content (AvgIpc) is 3.08. The maximum atomic E-state index is 13.1. The smallest absolute Gasteiger partial charge is 0.305 e. The summed E-state index contributed by atoms with van der Waals surface area (Å²) in [7, 11) is 3.06. The van der Waals surface area contributed by atoms with Crippen LogP contribution in [-0.4, -0.2) is 47.6 Å². The quantitative estimate of drug-likeness (QED) is 0.622. The van der Waals surface area contributed by atoms with Crippen LogP contribution in [0.25, 0.3) is 22.4 Å². The van der Waals surface area contributed by atoms with Gasteiger partial charge in [-0.1, -0.05) is 35.5 Å². The van der Waals surface area contributed by atoms with Gasteiger partial charge < -0.3 is 14.2 Å². The Balaban J connectivity index is 1.93. The predicted molar refractivity (Wildman–Crippen MR) is 100 cm³/mol. The Bertz CT molecular complexity index is 966. The fourth-order valence-corrected chi connectivity index (χ4v) is 2.89. The van der Waals surface area contributed by atoms with Gasteiger partial charge in [-0.05, 0) is 19.4 Å². The number of aromatic nitrogens is 2. The highest BCUT2D eigenvalue weighted by Gasteiger charge is 2.21. The third kappa shape index (κ3) is 3.97. The fourth-order valence-electron chi connectivity index (χ4n) is 2.89. The number of esters is 1. The molecule has 0 saturated carbocycles. The minimum absolute atomic E-state index is 0.171. The van der Waals surface area contributed by atoms with Crippen molar-refractivity contribution in [1.29, 1.82) is 0 Å². The molecule has 1 amide bonds. The zero-order valence-electron chi connectivity index (χ0n) is 15.6. The Morgan fingerprint density at radius 3 is 2.67 bits per heavy atom. The van der Waals surface area contributed by atoms with E-state index in [0.717, 1.165) is 5.56 Å². The van der Waals surface area contributed by atoms with E-state index in [9.17, 15) is 9.59 Å². The first-order chi connectivity index (χ1) is 13.0. The highest BCUT2D eigenvalue weighted by atomic mass is 16.5. The SMILES string of the molecule is COC(=O)CCCN(C)C(=O)c1cc(-c2ccccc2)nc2onc(C)c12. The molecule has 1 aromatic carbocycles. The molecule has 7 heteroatoms. The predicted octanol–water partition coefficient (Wildman–Crippen LogP) is 3.22. The molecule has 0 saturated heterocycles. The first-order valence-corrected chi connectivity index (χ1v) is 8.66. The number of hydrogen-bond donors (Lipinski definition) is 0. The standard InChI is InChI=1S/C20H21N3O4/c1-13-18-15(20(25)23(2)11-7-10-17(24)26-3)12-16(21-19(18)27-22-13)14-8-5-4-6-9-14/h4-6,8-9,12H,7,10-11H2,1-3H3. The van der Waals surface area contributed by atoms with Crippen LogP contribution in [0.3, 0.4) is 0 Å². The highest BCUT2D eigenvalue weighted by Crippen LogP contribution is 2.27. The van der Waals surface area contributed by atoms with Gasteiger partial charge in [-0.2, -0.15) is 0 Å². The van der Waals surface area contributed by atoms with Crippen molar-refractivity contribution in [2.45, 2.75) is 19.8 Å². The molecule has 0 atom stereocenters. The van der Waals surface area contributed by atoms with Crippen LogP contribution in [0, 0.1) is 6.92 Å². The summed E-state index contributed by atoms with van der Waals surface area (Å²) in [5, 5.41) is 4.57. The molecule has 27 heavy (non-hydrogen) atoms. The molecule has 0 spiro atoms. The molecule has 0 unspecified atom stereocenters. The Morgan fingerprint density at radius 1 is 1.22 bits per heavy atom. The van der Waals surface area contributed by atoms with Gasteiger partial charge in [0.1, 0.15) is 0 Å². The van der Waals surface area contributed by atoms with Crippen molar-refractivity contribution in [2.75, 3.05) is 20.7 Å². The number of aryl methyl sites for hydroxylation is 1. The zero-order chi connectivity index (χ0) is 19.4. The van der Waals surface area contributed by atoms with Crippen LogP contribution in [0.5, 0.6) is 0 Å². The molecular weight excluding hydrogens is 346 g/mol. The van der Waals surface area contributed by atoms with Gasteiger partial charge in [0.05, 0.1) is 29.4 Å². The molecule has 3 aromatic rings. The first-order valence-electron chi connectivity index (χ1n) is 8.66. The Hall–Kier alpha value is -3.22. The number of carbonyl (C=O) groups excluding carboxylic acids is 2. The monoisotopic (exact) mass is 367 g/mol. The number of rotatable bonds is 6. The summed E-state index contributed by atoms with van der Waals surface area (Å²) in [5.41, 5.74) is 2.96. The van der Waals surface area contributed by atoms with Gasteiger partial charge in [0, 0.05) is 25.6 Å². The van der Waals surface area contributed by atoms with Crippen molar-refractivity contribution in [1.82, 2.24) is 15.0 Å². The molecule has 2 heterocycles. The number of pyridine rings is 1. The van der Waals surface area contributed by atoms with Crippen molar-refractivity contribution < 1.29 is 18.8 Å². The van der Waals surface area contributed by atoms with E-state index < -0.39 is 0 Å². The summed E-state index contributed by atoms with van der Waals surface area (Å²) in [6.45, 7) is 2.21. The van der Waals surface area contributed by atoms with Crippen molar-refractivity contribution in [2.24, 2.45) is 0 Å². The number of ether oxygens (including phenoxy) is 1. The number of amides is 1. The summed E-state index contributed by atoms with van der Waals surface area (Å²) in [4.78, 5) is 30.4. The number of fused-ring (bicyclic) bond motifs is 1. The second-order valence-electron chi connectivity index (χ2n) is 6.28. The largest absolute Gasteiger partial charge is 0.469 e. The number of hydrogen-bond acceptors (Lipinski definition) is 6. The van der Waals surface area contributed by atoms with Crippen LogP contribution in [-0.2, 0) is 9.53 Å². The number of methoxy groups -OCH3 is 1. The first kappa shape index (κ1) is 18.6. The topological polar surface area (TPSA) is 85.5 Å². The second-order valence-corrected chi connectivity index (χ2v) is 6.28. The minimum atomic E-state index is -0.289. The molecule has 0 fully saturated rings. The summed E-state index contributed by atoms with van der Waals surface area (Å²) in [6, 6.07) is 11.3. The molecular formula is C20H21N3O4. The van der Waals surface area contributed by atoms with E-state index in [2.05, 4.69) is 14.9 Å². The second kappa shape index (κ2) is 7.99. The lowest BCUT2D eigenvalue weighted by molar-refractivity contribution is -0.140. The highest BCUT2D eigenvalue weighted by molar-refractivity contribution is 6.06. The van der Waals surface area contributed by atoms with Gasteiger partial charge in [0.25, 0.3) is 11.6 Å². The molecule has 7 nitrogen and oxygen atoms in total. The lowest BCUT2D eigenvalue weighted by Gasteiger charge is -2.17. The van der Waals surface area contributed by atoms with Gasteiger partial charge in [0.15, 0.2) is 0 Å². The van der Waals surface area contributed by atoms with Crippen molar-refractivity contribution in [3.8, 4) is 11.3 Å². The van der Waals surface area contributed by atoms with Crippen molar-refractivity contribution in [3.63, 3.8) is 0 Å². The normalized spacial score (nSPS) is 10.8. The summed E-state index contributed by atoms with van der Waals surface area (Å²) < 4.78 is 9.95. The number of benzene rings is 1. The van der Waals surface area contributed by atoms with Crippen LogP contribution in [0.15, 0.2) is 40.9 Å². The number of carbonyl (C=O) groups is 2. The molecule has 2 aromatic heterocycles. The Kier molecular flexibility index (Phi) is 5.49. The van der Waals surface area contributed by atoms with Crippen molar-refractivity contribution in [3.05, 3.63) is 47.7 Å².